The molecule has 0 aromatic rings. The summed E-state index contributed by atoms with van der Waals surface area (Å²) in [5.41, 5.74) is -0.692. The molecule has 4 aliphatic rings. The molecule has 0 amide bonds. The fraction of sp³-hybridized carbons (Fsp3) is 0.871. The smallest absolute Gasteiger partial charge is 0.309 e. The monoisotopic (exact) mass is 518 g/mol. The molecule has 6 heteroatoms. The van der Waals surface area contributed by atoms with Gasteiger partial charge in [-0.05, 0) is 86.9 Å². The van der Waals surface area contributed by atoms with Gasteiger partial charge in [0.2, 0.25) is 0 Å². The fourth-order valence-corrected chi connectivity index (χ4v) is 9.62. The maximum absolute atomic E-state index is 13.1. The number of Topliss-reactive ketones (excluding diaryl/α,β-unsaturated/α-hetero) is 1. The van der Waals surface area contributed by atoms with Crippen LogP contribution in [0, 0.1) is 45.3 Å². The number of aliphatic hydroxyl groups is 3. The van der Waals surface area contributed by atoms with Gasteiger partial charge in [0, 0.05) is 17.8 Å². The van der Waals surface area contributed by atoms with Crippen LogP contribution in [-0.4, -0.2) is 52.0 Å². The molecule has 4 aliphatic carbocycles. The lowest BCUT2D eigenvalue weighted by Crippen LogP contribution is -2.57. The summed E-state index contributed by atoms with van der Waals surface area (Å²) in [5.74, 6) is -0.136. The Bertz CT molecular complexity index is 961. The first-order valence-corrected chi connectivity index (χ1v) is 14.4. The van der Waals surface area contributed by atoms with Gasteiger partial charge in [-0.1, -0.05) is 46.3 Å². The lowest BCUT2D eigenvalue weighted by molar-refractivity contribution is -0.155. The van der Waals surface area contributed by atoms with Gasteiger partial charge in [0.15, 0.2) is 0 Å². The summed E-state index contributed by atoms with van der Waals surface area (Å²) in [6, 6.07) is 0. The first-order chi connectivity index (χ1) is 16.9. The van der Waals surface area contributed by atoms with Gasteiger partial charge in [-0.3, -0.25) is 9.59 Å². The summed E-state index contributed by atoms with van der Waals surface area (Å²) >= 11 is 0. The first-order valence-electron chi connectivity index (χ1n) is 14.4. The summed E-state index contributed by atoms with van der Waals surface area (Å²) in [6.07, 6.45) is 6.29. The Labute approximate surface area is 223 Å². The minimum atomic E-state index is -1.26. The van der Waals surface area contributed by atoms with Crippen LogP contribution in [0.3, 0.4) is 0 Å². The number of allylic oxidation sites excluding steroid dienone is 2. The third-order valence-corrected chi connectivity index (χ3v) is 12.1. The van der Waals surface area contributed by atoms with E-state index in [1.54, 1.807) is 13.8 Å². The van der Waals surface area contributed by atoms with E-state index in [4.69, 9.17) is 4.74 Å². The lowest BCUT2D eigenvalue weighted by atomic mass is 9.41. The van der Waals surface area contributed by atoms with Crippen molar-refractivity contribution in [2.24, 2.45) is 45.3 Å². The van der Waals surface area contributed by atoms with Crippen molar-refractivity contribution in [1.29, 1.82) is 0 Å². The van der Waals surface area contributed by atoms with Crippen LogP contribution in [0.25, 0.3) is 0 Å². The van der Waals surface area contributed by atoms with Gasteiger partial charge in [-0.25, -0.2) is 0 Å². The number of ketones is 1. The van der Waals surface area contributed by atoms with Gasteiger partial charge in [-0.2, -0.15) is 0 Å². The quantitative estimate of drug-likeness (QED) is 0.344. The molecule has 0 bridgehead atoms. The zero-order valence-corrected chi connectivity index (χ0v) is 24.3. The molecule has 3 fully saturated rings. The van der Waals surface area contributed by atoms with Crippen LogP contribution < -0.4 is 0 Å². The zero-order valence-electron chi connectivity index (χ0n) is 24.3. The van der Waals surface area contributed by atoms with Crippen LogP contribution in [0.1, 0.15) is 99.8 Å². The molecule has 3 N–H and O–H groups in total. The molecule has 6 nitrogen and oxygen atoms in total. The molecule has 9 atom stereocenters. The number of aliphatic hydroxyl groups excluding tert-OH is 2. The number of carbonyl (C=O) groups excluding carboxylic acids is 2. The van der Waals surface area contributed by atoms with E-state index in [2.05, 4.69) is 40.7 Å². The predicted molar refractivity (Wildman–Crippen MR) is 142 cm³/mol. The molecule has 0 spiro atoms. The van der Waals surface area contributed by atoms with Gasteiger partial charge in [0.1, 0.15) is 5.78 Å². The molecule has 0 unspecified atom stereocenters. The highest BCUT2D eigenvalue weighted by molar-refractivity contribution is 5.85. The number of carbonyl (C=O) groups is 2. The number of esters is 1. The third-order valence-electron chi connectivity index (χ3n) is 12.1. The van der Waals surface area contributed by atoms with E-state index in [-0.39, 0.29) is 40.0 Å². The lowest BCUT2D eigenvalue weighted by Gasteiger charge is -2.63. The molecule has 210 valence electrons. The van der Waals surface area contributed by atoms with Crippen LogP contribution >= 0.6 is 0 Å². The average molecular weight is 519 g/mol. The molecule has 0 aliphatic heterocycles. The van der Waals surface area contributed by atoms with Crippen LogP contribution in [0.5, 0.6) is 0 Å². The summed E-state index contributed by atoms with van der Waals surface area (Å²) in [6.45, 7) is 14.3. The van der Waals surface area contributed by atoms with Crippen molar-refractivity contribution < 1.29 is 29.6 Å². The van der Waals surface area contributed by atoms with Crippen molar-refractivity contribution in [2.45, 2.75) is 118 Å². The van der Waals surface area contributed by atoms with E-state index in [0.29, 0.717) is 36.9 Å². The Morgan fingerprint density at radius 1 is 1.16 bits per heavy atom. The molecule has 3 saturated carbocycles. The number of hydrogen-bond acceptors (Lipinski definition) is 6. The summed E-state index contributed by atoms with van der Waals surface area (Å²) < 4.78 is 5.23. The maximum Gasteiger partial charge on any atom is 0.309 e. The second kappa shape index (κ2) is 9.16. The summed E-state index contributed by atoms with van der Waals surface area (Å²) in [5, 5.41) is 32.4. The van der Waals surface area contributed by atoms with Crippen LogP contribution in [0.4, 0.5) is 0 Å². The molecule has 0 heterocycles. The Hall–Kier alpha value is -1.24. The van der Waals surface area contributed by atoms with E-state index in [9.17, 15) is 24.9 Å². The number of fused-ring (bicyclic) bond motifs is 5. The number of rotatable bonds is 6. The van der Waals surface area contributed by atoms with E-state index in [0.717, 1.165) is 25.7 Å². The molecule has 0 radical (unpaired) electrons. The van der Waals surface area contributed by atoms with Gasteiger partial charge in [0.25, 0.3) is 0 Å². The molecule has 4 rings (SSSR count). The van der Waals surface area contributed by atoms with E-state index >= 15 is 0 Å². The minimum absolute atomic E-state index is 0.0490. The minimum Gasteiger partial charge on any atom is -0.469 e. The van der Waals surface area contributed by atoms with E-state index in [1.807, 2.05) is 0 Å². The summed E-state index contributed by atoms with van der Waals surface area (Å²) in [4.78, 5) is 26.0. The Kier molecular flexibility index (Phi) is 7.12. The van der Waals surface area contributed by atoms with Crippen molar-refractivity contribution in [2.75, 3.05) is 7.11 Å². The van der Waals surface area contributed by atoms with Crippen molar-refractivity contribution in [3.05, 3.63) is 11.6 Å². The Morgan fingerprint density at radius 2 is 1.81 bits per heavy atom. The highest BCUT2D eigenvalue weighted by atomic mass is 16.5. The van der Waals surface area contributed by atoms with E-state index in [1.165, 1.54) is 12.7 Å². The zero-order chi connectivity index (χ0) is 27.8. The average Bonchev–Trinajstić information content (AvgIpc) is 3.01. The van der Waals surface area contributed by atoms with Crippen molar-refractivity contribution in [3.8, 4) is 0 Å². The van der Waals surface area contributed by atoms with E-state index < -0.39 is 23.7 Å². The van der Waals surface area contributed by atoms with Gasteiger partial charge < -0.3 is 20.1 Å². The predicted octanol–water partition coefficient (Wildman–Crippen LogP) is 4.83. The Morgan fingerprint density at radius 3 is 2.41 bits per heavy atom. The standard InChI is InChI=1S/C31H50O6/c1-27(2)22-11-10-20-19(29(22,5)15-14-23(27)33)13-16-30(6)25(21(32)17-31(20,30)7)18(26(35)37-8)9-12-24(34)28(3,4)36/h10,18-19,21-22,24-25,32,34,36H,9,11-17H2,1-8H3/t18-,19+,21+,22+,24+,25-,29-,30+,31-/m1/s1. The van der Waals surface area contributed by atoms with Gasteiger partial charge >= 0.3 is 5.97 Å². The van der Waals surface area contributed by atoms with Crippen LogP contribution in [0.15, 0.2) is 11.6 Å². The number of ether oxygens (including phenoxy) is 1. The van der Waals surface area contributed by atoms with Crippen molar-refractivity contribution >= 4 is 11.8 Å². The largest absolute Gasteiger partial charge is 0.469 e. The SMILES string of the molecule is COC(=O)[C@H](CC[C@H](O)C(C)(C)O)[C@@H]1[C@@H](O)C[C@]2(C)C3=CC[C@H]4C(C)(C)C(=O)CC[C@]4(C)[C@H]3CC[C@@]12C. The second-order valence-electron chi connectivity index (χ2n) is 14.6. The third kappa shape index (κ3) is 4.15. The molecule has 0 aromatic carbocycles. The van der Waals surface area contributed by atoms with Crippen LogP contribution in [0.2, 0.25) is 0 Å². The maximum atomic E-state index is 13.1. The topological polar surface area (TPSA) is 104 Å². The molecule has 0 saturated heterocycles. The van der Waals surface area contributed by atoms with Crippen LogP contribution in [-0.2, 0) is 14.3 Å². The van der Waals surface area contributed by atoms with Gasteiger partial charge in [0.05, 0.1) is 30.8 Å². The molecule has 0 aromatic heterocycles. The second-order valence-corrected chi connectivity index (χ2v) is 14.6. The first kappa shape index (κ1) is 28.8. The highest BCUT2D eigenvalue weighted by Gasteiger charge is 2.68. The van der Waals surface area contributed by atoms with Crippen molar-refractivity contribution in [1.82, 2.24) is 0 Å². The number of methoxy groups -OCH3 is 1. The van der Waals surface area contributed by atoms with Crippen molar-refractivity contribution in [3.63, 3.8) is 0 Å². The number of hydrogen-bond donors (Lipinski definition) is 3. The Balaban J connectivity index is 1.70. The summed E-state index contributed by atoms with van der Waals surface area (Å²) in [7, 11) is 1.39. The molecule has 37 heavy (non-hydrogen) atoms. The molecular weight excluding hydrogens is 468 g/mol. The highest BCUT2D eigenvalue weighted by Crippen LogP contribution is 2.73. The normalized spacial score (nSPS) is 42.7. The fourth-order valence-electron chi connectivity index (χ4n) is 9.62. The van der Waals surface area contributed by atoms with Gasteiger partial charge in [-0.15, -0.1) is 0 Å². The molecular formula is C31H50O6.